The quantitative estimate of drug-likeness (QED) is 0.836. The summed E-state index contributed by atoms with van der Waals surface area (Å²) in [4.78, 5) is 5.65. The Morgan fingerprint density at radius 3 is 2.52 bits per heavy atom. The van der Waals surface area contributed by atoms with Crippen molar-refractivity contribution in [3.63, 3.8) is 0 Å². The molecule has 1 aliphatic heterocycles. The predicted molar refractivity (Wildman–Crippen MR) is 81.2 cm³/mol. The van der Waals surface area contributed by atoms with Gasteiger partial charge in [-0.1, -0.05) is 0 Å². The Morgan fingerprint density at radius 1 is 1.26 bits per heavy atom. The van der Waals surface area contributed by atoms with Crippen molar-refractivity contribution in [1.82, 2.24) is 9.29 Å². The van der Waals surface area contributed by atoms with Crippen molar-refractivity contribution in [2.45, 2.75) is 17.9 Å². The van der Waals surface area contributed by atoms with Crippen LogP contribution in [0.5, 0.6) is 0 Å². The molecule has 9 heteroatoms. The van der Waals surface area contributed by atoms with Crippen LogP contribution in [0.1, 0.15) is 18.5 Å². The number of nitriles is 1. The maximum absolute atomic E-state index is 12.4. The van der Waals surface area contributed by atoms with E-state index in [1.165, 1.54) is 16.4 Å². The first-order chi connectivity index (χ1) is 10.9. The Hall–Kier alpha value is -2.31. The van der Waals surface area contributed by atoms with Crippen molar-refractivity contribution < 1.29 is 17.3 Å². The highest BCUT2D eigenvalue weighted by Crippen LogP contribution is 2.30. The fourth-order valence-corrected chi connectivity index (χ4v) is 3.85. The van der Waals surface area contributed by atoms with E-state index in [4.69, 9.17) is 14.1 Å². The summed E-state index contributed by atoms with van der Waals surface area (Å²) < 4.78 is 37.2. The first-order valence-corrected chi connectivity index (χ1v) is 8.56. The Morgan fingerprint density at radius 2 is 1.96 bits per heavy atom. The van der Waals surface area contributed by atoms with Crippen LogP contribution in [0.2, 0.25) is 0 Å². The standard InChI is InChI=1S/C14H16N4O4S/c1-17(2)14-10(9-15)16-13(22-14)11-5-6-12(21-11)23(19,20)18-7-3-4-8-18/h5-6H,3-4,7-8H2,1-2H3. The second-order valence-corrected chi connectivity index (χ2v) is 7.28. The average molecular weight is 336 g/mol. The van der Waals surface area contributed by atoms with E-state index < -0.39 is 10.0 Å². The molecule has 2 aromatic rings. The molecular weight excluding hydrogens is 320 g/mol. The number of nitrogens with zero attached hydrogens (tertiary/aromatic N) is 4. The van der Waals surface area contributed by atoms with Crippen LogP contribution in [0.4, 0.5) is 5.88 Å². The highest BCUT2D eigenvalue weighted by atomic mass is 32.2. The van der Waals surface area contributed by atoms with Gasteiger partial charge in [-0.05, 0) is 25.0 Å². The number of oxazole rings is 1. The van der Waals surface area contributed by atoms with Crippen LogP contribution in [0.15, 0.2) is 26.1 Å². The maximum atomic E-state index is 12.4. The SMILES string of the molecule is CN(C)c1oc(-c2ccc(S(=O)(=O)N3CCCC3)o2)nc1C#N. The van der Waals surface area contributed by atoms with E-state index in [-0.39, 0.29) is 22.4 Å². The molecule has 0 N–H and O–H groups in total. The van der Waals surface area contributed by atoms with Gasteiger partial charge in [-0.3, -0.25) is 0 Å². The summed E-state index contributed by atoms with van der Waals surface area (Å²) in [5.74, 6) is 0.545. The van der Waals surface area contributed by atoms with Crippen LogP contribution in [0.3, 0.4) is 0 Å². The molecule has 0 aliphatic carbocycles. The number of sulfonamides is 1. The van der Waals surface area contributed by atoms with Gasteiger partial charge in [0, 0.05) is 27.2 Å². The first-order valence-electron chi connectivity index (χ1n) is 7.12. The monoisotopic (exact) mass is 336 g/mol. The molecule has 0 bridgehead atoms. The number of aromatic nitrogens is 1. The fourth-order valence-electron chi connectivity index (χ4n) is 2.42. The molecule has 0 radical (unpaired) electrons. The highest BCUT2D eigenvalue weighted by molar-refractivity contribution is 7.89. The molecule has 1 saturated heterocycles. The lowest BCUT2D eigenvalue weighted by molar-refractivity contribution is 0.409. The van der Waals surface area contributed by atoms with Gasteiger partial charge in [-0.2, -0.15) is 14.6 Å². The summed E-state index contributed by atoms with van der Waals surface area (Å²) in [6.45, 7) is 1.00. The third kappa shape index (κ3) is 2.71. The van der Waals surface area contributed by atoms with E-state index >= 15 is 0 Å². The number of hydrogen-bond donors (Lipinski definition) is 0. The largest absolute Gasteiger partial charge is 0.438 e. The highest BCUT2D eigenvalue weighted by Gasteiger charge is 2.30. The van der Waals surface area contributed by atoms with Gasteiger partial charge in [0.1, 0.15) is 6.07 Å². The van der Waals surface area contributed by atoms with E-state index in [2.05, 4.69) is 4.98 Å². The summed E-state index contributed by atoms with van der Waals surface area (Å²) >= 11 is 0. The van der Waals surface area contributed by atoms with Crippen molar-refractivity contribution in [2.75, 3.05) is 32.1 Å². The maximum Gasteiger partial charge on any atom is 0.276 e. The van der Waals surface area contributed by atoms with Gasteiger partial charge >= 0.3 is 0 Å². The Balaban J connectivity index is 1.95. The lowest BCUT2D eigenvalue weighted by atomic mass is 10.4. The Kier molecular flexibility index (Phi) is 3.87. The molecule has 0 spiro atoms. The molecule has 1 fully saturated rings. The van der Waals surface area contributed by atoms with Crippen molar-refractivity contribution in [1.29, 1.82) is 5.26 Å². The molecule has 0 unspecified atom stereocenters. The normalized spacial score (nSPS) is 15.7. The molecule has 8 nitrogen and oxygen atoms in total. The summed E-state index contributed by atoms with van der Waals surface area (Å²) in [6, 6.07) is 4.80. The van der Waals surface area contributed by atoms with E-state index in [9.17, 15) is 8.42 Å². The van der Waals surface area contributed by atoms with Crippen molar-refractivity contribution >= 4 is 15.9 Å². The zero-order chi connectivity index (χ0) is 16.6. The molecule has 23 heavy (non-hydrogen) atoms. The van der Waals surface area contributed by atoms with E-state index in [0.29, 0.717) is 19.0 Å². The molecular formula is C14H16N4O4S. The van der Waals surface area contributed by atoms with Crippen LogP contribution in [0.25, 0.3) is 11.7 Å². The number of furan rings is 1. The van der Waals surface area contributed by atoms with Gasteiger partial charge in [-0.25, -0.2) is 8.42 Å². The molecule has 1 aliphatic rings. The van der Waals surface area contributed by atoms with Gasteiger partial charge in [0.2, 0.25) is 16.7 Å². The Labute approximate surface area is 134 Å². The van der Waals surface area contributed by atoms with Crippen LogP contribution in [-0.4, -0.2) is 44.9 Å². The molecule has 0 aromatic carbocycles. The van der Waals surface area contributed by atoms with Gasteiger partial charge in [0.15, 0.2) is 5.76 Å². The van der Waals surface area contributed by atoms with E-state index in [1.54, 1.807) is 19.0 Å². The summed E-state index contributed by atoms with van der Waals surface area (Å²) in [6.07, 6.45) is 1.70. The number of hydrogen-bond acceptors (Lipinski definition) is 7. The third-order valence-electron chi connectivity index (χ3n) is 3.57. The minimum atomic E-state index is -3.63. The Bertz CT molecular complexity index is 854. The summed E-state index contributed by atoms with van der Waals surface area (Å²) in [7, 11) is -0.192. The number of rotatable bonds is 4. The lowest BCUT2D eigenvalue weighted by Crippen LogP contribution is -2.27. The smallest absolute Gasteiger partial charge is 0.276 e. The van der Waals surface area contributed by atoms with Crippen molar-refractivity contribution in [3.05, 3.63) is 17.8 Å². The van der Waals surface area contributed by atoms with Crippen LogP contribution in [-0.2, 0) is 10.0 Å². The summed E-state index contributed by atoms with van der Waals surface area (Å²) in [5.41, 5.74) is 0.116. The molecule has 3 rings (SSSR count). The minimum absolute atomic E-state index is 0.0770. The molecule has 122 valence electrons. The molecule has 2 aromatic heterocycles. The van der Waals surface area contributed by atoms with Crippen LogP contribution < -0.4 is 4.90 Å². The van der Waals surface area contributed by atoms with Gasteiger partial charge in [0.05, 0.1) is 0 Å². The zero-order valence-electron chi connectivity index (χ0n) is 12.8. The minimum Gasteiger partial charge on any atom is -0.438 e. The topological polar surface area (TPSA) is 104 Å². The second kappa shape index (κ2) is 5.72. The van der Waals surface area contributed by atoms with Gasteiger partial charge in [-0.15, -0.1) is 0 Å². The first kappa shape index (κ1) is 15.6. The van der Waals surface area contributed by atoms with Crippen LogP contribution in [0, 0.1) is 11.3 Å². The van der Waals surface area contributed by atoms with Gasteiger partial charge in [0.25, 0.3) is 15.9 Å². The fraction of sp³-hybridized carbons (Fsp3) is 0.429. The second-order valence-electron chi connectivity index (χ2n) is 5.41. The molecule has 0 saturated carbocycles. The zero-order valence-corrected chi connectivity index (χ0v) is 13.6. The third-order valence-corrected chi connectivity index (χ3v) is 5.35. The van der Waals surface area contributed by atoms with Crippen molar-refractivity contribution in [3.8, 4) is 17.7 Å². The van der Waals surface area contributed by atoms with E-state index in [0.717, 1.165) is 12.8 Å². The molecule has 0 amide bonds. The lowest BCUT2D eigenvalue weighted by Gasteiger charge is -2.12. The van der Waals surface area contributed by atoms with E-state index in [1.807, 2.05) is 6.07 Å². The van der Waals surface area contributed by atoms with Crippen LogP contribution >= 0.6 is 0 Å². The average Bonchev–Trinajstić information content (AvgIpc) is 3.24. The number of anilines is 1. The summed E-state index contributed by atoms with van der Waals surface area (Å²) in [5, 5.41) is 8.93. The molecule has 3 heterocycles. The van der Waals surface area contributed by atoms with Crippen molar-refractivity contribution in [2.24, 2.45) is 0 Å². The predicted octanol–water partition coefficient (Wildman–Crippen LogP) is 1.66. The van der Waals surface area contributed by atoms with Gasteiger partial charge < -0.3 is 13.7 Å². The molecule has 0 atom stereocenters.